The minimum Gasteiger partial charge on any atom is -0.451 e. The van der Waals surface area contributed by atoms with Gasteiger partial charge in [0, 0.05) is 11.8 Å². The molecule has 6 heteroatoms. The van der Waals surface area contributed by atoms with Crippen LogP contribution < -0.4 is 10.7 Å². The van der Waals surface area contributed by atoms with Crippen LogP contribution in [0.1, 0.15) is 17.0 Å². The van der Waals surface area contributed by atoms with Crippen LogP contribution in [0.2, 0.25) is 0 Å². The third-order valence-electron chi connectivity index (χ3n) is 3.10. The summed E-state index contributed by atoms with van der Waals surface area (Å²) in [7, 11) is 0. The van der Waals surface area contributed by atoms with E-state index in [0.717, 1.165) is 6.07 Å². The quantitative estimate of drug-likeness (QED) is 0.907. The van der Waals surface area contributed by atoms with Crippen LogP contribution in [0.15, 0.2) is 39.5 Å². The minimum atomic E-state index is -0.534. The van der Waals surface area contributed by atoms with Gasteiger partial charge in [0.15, 0.2) is 11.2 Å². The Labute approximate surface area is 118 Å². The van der Waals surface area contributed by atoms with Gasteiger partial charge in [-0.15, -0.1) is 0 Å². The molecule has 1 N–H and O–H groups in total. The standard InChI is InChI=1S/C14H11NO4S/c16-10-7-12(19-11-4-2-1-3-8(10)11)13(17)15-9-5-6-20-14(9)18/h1-4,7,9H,5-6H2,(H,15,17). The molecule has 1 aliphatic heterocycles. The molecule has 3 rings (SSSR count). The van der Waals surface area contributed by atoms with Crippen molar-refractivity contribution in [3.8, 4) is 0 Å². The van der Waals surface area contributed by atoms with Crippen molar-refractivity contribution in [1.29, 1.82) is 0 Å². The van der Waals surface area contributed by atoms with Crippen molar-refractivity contribution in [1.82, 2.24) is 5.32 Å². The Bertz CT molecular complexity index is 752. The zero-order valence-electron chi connectivity index (χ0n) is 10.4. The summed E-state index contributed by atoms with van der Waals surface area (Å²) in [6.07, 6.45) is 0.604. The van der Waals surface area contributed by atoms with Gasteiger partial charge < -0.3 is 9.73 Å². The number of fused-ring (bicyclic) bond motifs is 1. The molecule has 1 aromatic heterocycles. The molecule has 1 saturated heterocycles. The molecular weight excluding hydrogens is 278 g/mol. The van der Waals surface area contributed by atoms with E-state index in [-0.39, 0.29) is 16.3 Å². The molecule has 1 atom stereocenters. The summed E-state index contributed by atoms with van der Waals surface area (Å²) in [4.78, 5) is 35.4. The van der Waals surface area contributed by atoms with Crippen molar-refractivity contribution in [2.45, 2.75) is 12.5 Å². The molecule has 102 valence electrons. The lowest BCUT2D eigenvalue weighted by molar-refractivity contribution is -0.112. The Morgan fingerprint density at radius 1 is 1.30 bits per heavy atom. The van der Waals surface area contributed by atoms with Crippen molar-refractivity contribution in [2.24, 2.45) is 0 Å². The molecule has 1 aromatic carbocycles. The van der Waals surface area contributed by atoms with Gasteiger partial charge in [-0.1, -0.05) is 23.9 Å². The molecule has 2 heterocycles. The smallest absolute Gasteiger partial charge is 0.287 e. The normalized spacial score (nSPS) is 18.4. The second kappa shape index (κ2) is 5.13. The van der Waals surface area contributed by atoms with Gasteiger partial charge in [-0.3, -0.25) is 14.4 Å². The van der Waals surface area contributed by atoms with Gasteiger partial charge in [-0.05, 0) is 18.6 Å². The second-order valence-corrected chi connectivity index (χ2v) is 5.55. The molecule has 1 fully saturated rings. The lowest BCUT2D eigenvalue weighted by Gasteiger charge is -2.09. The highest BCUT2D eigenvalue weighted by Gasteiger charge is 2.27. The summed E-state index contributed by atoms with van der Waals surface area (Å²) in [5.74, 6) is 0.0953. The first-order valence-electron chi connectivity index (χ1n) is 6.15. The van der Waals surface area contributed by atoms with Crippen LogP contribution >= 0.6 is 11.8 Å². The largest absolute Gasteiger partial charge is 0.451 e. The average molecular weight is 289 g/mol. The van der Waals surface area contributed by atoms with Gasteiger partial charge in [0.2, 0.25) is 5.12 Å². The number of carbonyl (C=O) groups excluding carboxylic acids is 2. The Kier molecular flexibility index (Phi) is 3.31. The summed E-state index contributed by atoms with van der Waals surface area (Å²) >= 11 is 1.20. The van der Waals surface area contributed by atoms with Crippen molar-refractivity contribution in [3.63, 3.8) is 0 Å². The first-order chi connectivity index (χ1) is 9.65. The predicted molar refractivity (Wildman–Crippen MR) is 75.8 cm³/mol. The number of rotatable bonds is 2. The molecule has 0 spiro atoms. The van der Waals surface area contributed by atoms with Crippen molar-refractivity contribution < 1.29 is 14.0 Å². The number of carbonyl (C=O) groups is 2. The Morgan fingerprint density at radius 2 is 2.10 bits per heavy atom. The van der Waals surface area contributed by atoms with E-state index in [9.17, 15) is 14.4 Å². The van der Waals surface area contributed by atoms with Gasteiger partial charge in [0.05, 0.1) is 11.4 Å². The molecule has 5 nitrogen and oxygen atoms in total. The van der Waals surface area contributed by atoms with E-state index in [1.807, 2.05) is 0 Å². The van der Waals surface area contributed by atoms with Crippen molar-refractivity contribution in [2.75, 3.05) is 5.75 Å². The van der Waals surface area contributed by atoms with Crippen LogP contribution in [0.3, 0.4) is 0 Å². The average Bonchev–Trinajstić information content (AvgIpc) is 2.84. The minimum absolute atomic E-state index is 0.0542. The fraction of sp³-hybridized carbons (Fsp3) is 0.214. The highest BCUT2D eigenvalue weighted by molar-refractivity contribution is 8.14. The number of amides is 1. The molecule has 0 radical (unpaired) electrons. The van der Waals surface area contributed by atoms with E-state index in [2.05, 4.69) is 5.32 Å². The van der Waals surface area contributed by atoms with E-state index in [4.69, 9.17) is 4.42 Å². The van der Waals surface area contributed by atoms with Crippen molar-refractivity contribution in [3.05, 3.63) is 46.3 Å². The number of benzene rings is 1. The number of hydrogen-bond acceptors (Lipinski definition) is 5. The maximum atomic E-state index is 12.0. The van der Waals surface area contributed by atoms with Crippen LogP contribution in [-0.4, -0.2) is 22.8 Å². The van der Waals surface area contributed by atoms with Crippen LogP contribution in [0.25, 0.3) is 11.0 Å². The monoisotopic (exact) mass is 289 g/mol. The Morgan fingerprint density at radius 3 is 2.85 bits per heavy atom. The van der Waals surface area contributed by atoms with E-state index in [1.54, 1.807) is 24.3 Å². The van der Waals surface area contributed by atoms with Crippen molar-refractivity contribution >= 4 is 33.8 Å². The maximum Gasteiger partial charge on any atom is 0.287 e. The van der Waals surface area contributed by atoms with Gasteiger partial charge in [-0.25, -0.2) is 0 Å². The molecule has 1 unspecified atom stereocenters. The van der Waals surface area contributed by atoms with Crippen LogP contribution in [-0.2, 0) is 4.79 Å². The fourth-order valence-electron chi connectivity index (χ4n) is 2.07. The summed E-state index contributed by atoms with van der Waals surface area (Å²) in [5, 5.41) is 2.97. The third-order valence-corrected chi connectivity index (χ3v) is 4.11. The molecule has 2 aromatic rings. The zero-order chi connectivity index (χ0) is 14.1. The zero-order valence-corrected chi connectivity index (χ0v) is 11.2. The van der Waals surface area contributed by atoms with Gasteiger partial charge in [0.25, 0.3) is 5.91 Å². The van der Waals surface area contributed by atoms with E-state index in [0.29, 0.717) is 23.1 Å². The topological polar surface area (TPSA) is 76.4 Å². The number of nitrogens with one attached hydrogen (secondary N) is 1. The van der Waals surface area contributed by atoms with Gasteiger partial charge in [0.1, 0.15) is 5.58 Å². The fourth-order valence-corrected chi connectivity index (χ4v) is 3.00. The SMILES string of the molecule is O=C(NC1CCSC1=O)c1cc(=O)c2ccccc2o1. The highest BCUT2D eigenvalue weighted by atomic mass is 32.2. The maximum absolute atomic E-state index is 12.0. The number of hydrogen-bond donors (Lipinski definition) is 1. The summed E-state index contributed by atoms with van der Waals surface area (Å²) < 4.78 is 5.42. The molecular formula is C14H11NO4S. The first-order valence-corrected chi connectivity index (χ1v) is 7.14. The lowest BCUT2D eigenvalue weighted by atomic mass is 10.2. The molecule has 0 saturated carbocycles. The lowest BCUT2D eigenvalue weighted by Crippen LogP contribution is -2.37. The number of para-hydroxylation sites is 1. The van der Waals surface area contributed by atoms with E-state index >= 15 is 0 Å². The number of thioether (sulfide) groups is 1. The second-order valence-electron chi connectivity index (χ2n) is 4.45. The molecule has 1 amide bonds. The summed E-state index contributed by atoms with van der Waals surface area (Å²) in [5.41, 5.74) is 0.0846. The highest BCUT2D eigenvalue weighted by Crippen LogP contribution is 2.20. The molecule has 0 aliphatic carbocycles. The Balaban J connectivity index is 1.92. The van der Waals surface area contributed by atoms with Gasteiger partial charge in [-0.2, -0.15) is 0 Å². The van der Waals surface area contributed by atoms with Gasteiger partial charge >= 0.3 is 0 Å². The predicted octanol–water partition coefficient (Wildman–Crippen LogP) is 1.55. The molecule has 0 bridgehead atoms. The van der Waals surface area contributed by atoms with Crippen LogP contribution in [0.5, 0.6) is 0 Å². The van der Waals surface area contributed by atoms with Crippen LogP contribution in [0.4, 0.5) is 0 Å². The first kappa shape index (κ1) is 12.9. The summed E-state index contributed by atoms with van der Waals surface area (Å²) in [6.45, 7) is 0. The Hall–Kier alpha value is -2.08. The van der Waals surface area contributed by atoms with E-state index in [1.165, 1.54) is 11.8 Å². The van der Waals surface area contributed by atoms with Crippen LogP contribution in [0, 0.1) is 0 Å². The summed E-state index contributed by atoms with van der Waals surface area (Å²) in [6, 6.07) is 7.38. The third kappa shape index (κ3) is 2.34. The molecule has 1 aliphatic rings. The van der Waals surface area contributed by atoms with E-state index < -0.39 is 11.9 Å². The molecule has 20 heavy (non-hydrogen) atoms.